The maximum atomic E-state index is 7.87. The van der Waals surface area contributed by atoms with E-state index < -0.39 is 0 Å². The average molecular weight is 2030 g/mol. The minimum Gasteiger partial charge on any atom is -0.0625 e. The molecule has 15 aliphatic rings. The summed E-state index contributed by atoms with van der Waals surface area (Å²) < 4.78 is 38.5. The van der Waals surface area contributed by atoms with Gasteiger partial charge in [0.2, 0.25) is 0 Å². The lowest BCUT2D eigenvalue weighted by Gasteiger charge is -2.55. The molecule has 0 radical (unpaired) electrons. The Morgan fingerprint density at radius 3 is 0.733 bits per heavy atom. The highest BCUT2D eigenvalue weighted by molar-refractivity contribution is 5.64. The van der Waals surface area contributed by atoms with Crippen LogP contribution in [0.3, 0.4) is 0 Å². The van der Waals surface area contributed by atoms with Crippen molar-refractivity contribution in [2.45, 2.75) is 473 Å². The van der Waals surface area contributed by atoms with Crippen molar-refractivity contribution < 1.29 is 6.85 Å². The van der Waals surface area contributed by atoms with Crippen LogP contribution in [0.2, 0.25) is 0 Å². The summed E-state index contributed by atoms with van der Waals surface area (Å²) in [7, 11) is 0. The summed E-state index contributed by atoms with van der Waals surface area (Å²) in [5.41, 5.74) is 27.8. The summed E-state index contributed by atoms with van der Waals surface area (Å²) in [5.74, 6) is 12.5. The van der Waals surface area contributed by atoms with Crippen LogP contribution >= 0.6 is 0 Å². The summed E-state index contributed by atoms with van der Waals surface area (Å²) in [4.78, 5) is 0. The fourth-order valence-electron chi connectivity index (χ4n) is 26.7. The molecule has 25 rings (SSSR count). The molecule has 15 saturated carbocycles. The lowest BCUT2D eigenvalue weighted by atomic mass is 9.50. The number of benzene rings is 10. The van der Waals surface area contributed by atoms with Gasteiger partial charge in [-0.1, -0.05) is 547 Å². The zero-order valence-corrected chi connectivity index (χ0v) is 101. The summed E-state index contributed by atoms with van der Waals surface area (Å²) in [6, 6.07) is 88.9. The molecule has 0 saturated heterocycles. The molecule has 15 fully saturated rings. The predicted octanol–water partition coefficient (Wildman–Crippen LogP) is 46.5. The van der Waals surface area contributed by atoms with Crippen LogP contribution in [0.1, 0.15) is 481 Å². The van der Waals surface area contributed by atoms with Crippen LogP contribution in [0, 0.1) is 188 Å². The Balaban J connectivity index is 0.000000170. The zero-order chi connectivity index (χ0) is 113. The molecule has 822 valence electrons. The van der Waals surface area contributed by atoms with Crippen molar-refractivity contribution >= 4 is 0 Å². The molecule has 0 N–H and O–H groups in total. The van der Waals surface area contributed by atoms with E-state index in [-0.39, 0.29) is 29.5 Å². The van der Waals surface area contributed by atoms with Crippen molar-refractivity contribution in [3.63, 3.8) is 0 Å². The lowest BCUT2D eigenvalue weighted by molar-refractivity contribution is -0.0411. The third kappa shape index (κ3) is 47.9. The lowest BCUT2D eigenvalue weighted by Crippen LogP contribution is -2.44. The van der Waals surface area contributed by atoms with E-state index in [1.54, 1.807) is 80.9 Å². The SMILES string of the molecule is CC12CC3CC(CC(C3)C1)C2.CC1CC2CCC1C2.Cc1cc(C)cc(C)c1.Cc1ccc(-c2ccc(C)cc2)cc1.Cc1ccc(-c2ccccc2)cc1.Cc1ccc(C)cc1.Cc1ccc(C2CCC(C)(C)CC2)cc1.Cc1ccc(C2CCC(C)CC2)cc1.Cc1ccc(C2CCCCC2)cc1.Cc1ccccc1.[2H]C1(C)CCC(C)(C)CC1.[2H]C1(C)CCC(C)CC1.[2H]C1(C)CCCC1.[2H]C1(C)CCCCC1.[2H][C@@]1(C)CC2CCC1C2. The standard InChI is InChI=1S/C15H22.C14H20.C14H14.C13H18.C13H12.C11H18.C9H12.C9H18.2C8H14.C8H16.C8H10.C7H14.C7H8.C6H12/c1-12-4-6-13(7-5-12)14-8-10-15(2,3)11-9-14;2*1-11-3-7-13(8-4-11)14-9-5-12(2)6-10-14;2*1-11-7-9-13(10-8-11)12-5-3-2-4-6-12;1-11-5-8-2-9(6-11)4-10(3-8)7-11;1-7-4-8(2)6-9(3)5-7;1-8-4-6-9(2,3)7-5-8;2*1-6-4-7-2-3-8(6)5-7;2*1-7-3-5-8(2)6-4-7;2*1-7-5-3-2-4-6-7;1-6-4-2-3-5-6/h4-7,14H,8-11H2,1-3H3;3-4,7-8,12,14H,5-6,9-10H2,1-2H3;3-10H,1-2H3;7-10,12H,2-6H2,1H3;2-10H,1H3;8-10H,2-7H2,1H3;4-6H,1-3H3;8H,4-7H2,1-3H3;2*6-8H,2-5H2,1H3;7-8H,3-6H2,1-2H3;3-6H,1-2H3;7H,2-6H2,1H3;2-6H,1H3;6H,2-5H2,1H3/t;;;;;;;;6-,7?,8?;;;;;;/m........1....../s1/i;;;;;;;8D;6D;;7D;;7D;;6D. The maximum Gasteiger partial charge on any atom is 0.0303 e. The Kier molecular flexibility index (Phi) is 50.6. The first kappa shape index (κ1) is 116. The van der Waals surface area contributed by atoms with E-state index in [0.29, 0.717) is 10.8 Å². The predicted molar refractivity (Wildman–Crippen MR) is 664 cm³/mol. The third-order valence-electron chi connectivity index (χ3n) is 36.8. The Labute approximate surface area is 933 Å². The molecule has 0 amide bonds. The molecule has 15 aliphatic carbocycles. The summed E-state index contributed by atoms with van der Waals surface area (Å²) >= 11 is 0. The highest BCUT2D eigenvalue weighted by Crippen LogP contribution is 2.60. The van der Waals surface area contributed by atoms with Gasteiger partial charge in [-0.2, -0.15) is 0 Å². The van der Waals surface area contributed by atoms with Crippen molar-refractivity contribution in [3.05, 3.63) is 332 Å². The fraction of sp³-hybridized carbons (Fsp3) is 0.600. The van der Waals surface area contributed by atoms with Crippen LogP contribution in [-0.2, 0) is 0 Å². The van der Waals surface area contributed by atoms with Gasteiger partial charge >= 0.3 is 0 Å². The minimum atomic E-state index is -0.116. The molecule has 0 heterocycles. The van der Waals surface area contributed by atoms with Gasteiger partial charge < -0.3 is 0 Å². The van der Waals surface area contributed by atoms with E-state index in [4.69, 9.17) is 6.85 Å². The van der Waals surface area contributed by atoms with Crippen molar-refractivity contribution in [1.82, 2.24) is 0 Å². The van der Waals surface area contributed by atoms with Gasteiger partial charge in [-0.25, -0.2) is 0 Å². The number of hydrogen-bond donors (Lipinski definition) is 0. The van der Waals surface area contributed by atoms with Gasteiger partial charge in [0.1, 0.15) is 0 Å². The second-order valence-corrected chi connectivity index (χ2v) is 53.2. The van der Waals surface area contributed by atoms with Crippen molar-refractivity contribution in [2.24, 2.45) is 105 Å². The van der Waals surface area contributed by atoms with Crippen molar-refractivity contribution in [2.75, 3.05) is 0 Å². The van der Waals surface area contributed by atoms with E-state index in [9.17, 15) is 0 Å². The van der Waals surface area contributed by atoms with Crippen LogP contribution in [0.5, 0.6) is 0 Å². The highest BCUT2D eigenvalue weighted by atomic mass is 14.5. The topological polar surface area (TPSA) is 0 Å². The molecule has 10 aromatic carbocycles. The number of hydrogen-bond acceptors (Lipinski definition) is 0. The van der Waals surface area contributed by atoms with E-state index in [1.807, 2.05) is 38.1 Å². The smallest absolute Gasteiger partial charge is 0.0303 e. The van der Waals surface area contributed by atoms with Gasteiger partial charge in [-0.15, -0.1) is 0 Å². The first-order valence-electron chi connectivity index (χ1n) is 63.9. The number of aryl methyl sites for hydroxylation is 12. The monoisotopic (exact) mass is 2030 g/mol. The minimum absolute atomic E-state index is 0.0388. The number of fused-ring (bicyclic) bond motifs is 4. The molecular weight excluding hydrogens is 1800 g/mol. The van der Waals surface area contributed by atoms with Gasteiger partial charge in [0, 0.05) is 6.85 Å². The molecule has 0 spiro atoms. The van der Waals surface area contributed by atoms with Crippen LogP contribution in [0.15, 0.2) is 249 Å². The first-order valence-corrected chi connectivity index (χ1v) is 61.4. The molecule has 150 heavy (non-hydrogen) atoms. The molecule has 10 aromatic rings. The van der Waals surface area contributed by atoms with Gasteiger partial charge in [0.15, 0.2) is 0 Å². The van der Waals surface area contributed by atoms with Crippen LogP contribution in [0.4, 0.5) is 0 Å². The Morgan fingerprint density at radius 2 is 0.473 bits per heavy atom. The quantitative estimate of drug-likeness (QED) is 0.161. The maximum absolute atomic E-state index is 7.87. The zero-order valence-electron chi connectivity index (χ0n) is 106. The average Bonchev–Trinajstić information content (AvgIpc) is 1.39. The van der Waals surface area contributed by atoms with E-state index in [1.165, 1.54) is 256 Å². The molecule has 5 unspecified atom stereocenters. The molecule has 0 aliphatic heterocycles. The second-order valence-electron chi connectivity index (χ2n) is 53.2. The van der Waals surface area contributed by atoms with Crippen molar-refractivity contribution in [3.8, 4) is 22.3 Å². The highest BCUT2D eigenvalue weighted by Gasteiger charge is 2.48. The van der Waals surface area contributed by atoms with E-state index in [0.717, 1.165) is 134 Å². The van der Waals surface area contributed by atoms with Crippen LogP contribution in [0.25, 0.3) is 22.3 Å². The normalized spacial score (nSPS) is 27.8. The summed E-state index contributed by atoms with van der Waals surface area (Å²) in [6.07, 6.45) is 59.5. The first-order chi connectivity index (χ1) is 73.4. The van der Waals surface area contributed by atoms with Crippen molar-refractivity contribution in [1.29, 1.82) is 0 Å². The molecule has 8 bridgehead atoms. The van der Waals surface area contributed by atoms with Crippen LogP contribution < -0.4 is 0 Å². The largest absolute Gasteiger partial charge is 0.0625 e. The molecule has 0 aromatic heterocycles. The number of rotatable bonds is 5. The summed E-state index contributed by atoms with van der Waals surface area (Å²) in [6.45, 7) is 54.8. The Morgan fingerprint density at radius 1 is 0.207 bits per heavy atom. The fourth-order valence-corrected chi connectivity index (χ4v) is 26.7. The molecule has 0 nitrogen and oxygen atoms in total. The van der Waals surface area contributed by atoms with Gasteiger partial charge in [0.05, 0.1) is 0 Å². The van der Waals surface area contributed by atoms with Gasteiger partial charge in [-0.05, 0) is 386 Å². The third-order valence-corrected chi connectivity index (χ3v) is 36.8. The molecule has 0 heteroatoms. The van der Waals surface area contributed by atoms with E-state index >= 15 is 0 Å². The molecule has 6 atom stereocenters. The summed E-state index contributed by atoms with van der Waals surface area (Å²) in [5, 5.41) is 0. The van der Waals surface area contributed by atoms with E-state index in [2.05, 4.69) is 384 Å². The second kappa shape index (κ2) is 65.3. The Bertz CT molecular complexity index is 5290. The molecular formula is C150H222. The Hall–Kier alpha value is -7.80. The van der Waals surface area contributed by atoms with Gasteiger partial charge in [0.25, 0.3) is 0 Å². The van der Waals surface area contributed by atoms with Crippen LogP contribution in [-0.4, -0.2) is 0 Å². The van der Waals surface area contributed by atoms with Gasteiger partial charge in [-0.3, -0.25) is 0 Å².